The van der Waals surface area contributed by atoms with Crippen LogP contribution in [-0.4, -0.2) is 23.8 Å². The molecule has 2 nitrogen and oxygen atoms in total. The Labute approximate surface area is 106 Å². The van der Waals surface area contributed by atoms with Crippen LogP contribution >= 0.6 is 23.5 Å². The molecule has 1 unspecified atom stereocenters. The van der Waals surface area contributed by atoms with Crippen LogP contribution in [0.2, 0.25) is 0 Å². The third kappa shape index (κ3) is 5.47. The van der Waals surface area contributed by atoms with Crippen molar-refractivity contribution in [3.8, 4) is 0 Å². The van der Waals surface area contributed by atoms with Gasteiger partial charge < -0.3 is 5.32 Å². The van der Waals surface area contributed by atoms with Gasteiger partial charge in [-0.1, -0.05) is 18.2 Å². The number of thioether (sulfide) groups is 2. The van der Waals surface area contributed by atoms with Crippen LogP contribution < -0.4 is 5.32 Å². The van der Waals surface area contributed by atoms with E-state index in [9.17, 15) is 4.79 Å². The van der Waals surface area contributed by atoms with Crippen LogP contribution in [-0.2, 0) is 4.79 Å². The van der Waals surface area contributed by atoms with Crippen LogP contribution in [0.15, 0.2) is 35.2 Å². The summed E-state index contributed by atoms with van der Waals surface area (Å²) >= 11 is 3.55. The Balaban J connectivity index is 2.13. The zero-order chi connectivity index (χ0) is 11.6. The number of carbonyl (C=O) groups is 1. The zero-order valence-corrected chi connectivity index (χ0v) is 11.0. The smallest absolute Gasteiger partial charge is 0.207 e. The van der Waals surface area contributed by atoms with Crippen molar-refractivity contribution in [3.63, 3.8) is 0 Å². The van der Waals surface area contributed by atoms with Gasteiger partial charge in [0.25, 0.3) is 0 Å². The molecule has 0 heterocycles. The van der Waals surface area contributed by atoms with E-state index in [0.717, 1.165) is 25.0 Å². The van der Waals surface area contributed by atoms with Gasteiger partial charge in [-0.15, -0.1) is 23.5 Å². The summed E-state index contributed by atoms with van der Waals surface area (Å²) in [6, 6.07) is 10.4. The van der Waals surface area contributed by atoms with Gasteiger partial charge in [-0.2, -0.15) is 0 Å². The van der Waals surface area contributed by atoms with Gasteiger partial charge in [0, 0.05) is 4.90 Å². The van der Waals surface area contributed by atoms with E-state index < -0.39 is 0 Å². The van der Waals surface area contributed by atoms with E-state index in [4.69, 9.17) is 0 Å². The molecule has 0 fully saturated rings. The fraction of sp³-hybridized carbons (Fsp3) is 0.417. The topological polar surface area (TPSA) is 29.1 Å². The molecule has 0 saturated heterocycles. The van der Waals surface area contributed by atoms with Crippen molar-refractivity contribution in [3.05, 3.63) is 30.3 Å². The SMILES string of the molecule is CSC(CCCSc1ccccc1)NC=O. The molecule has 0 aliphatic rings. The average molecular weight is 255 g/mol. The number of amides is 1. The maximum Gasteiger partial charge on any atom is 0.207 e. The van der Waals surface area contributed by atoms with E-state index in [1.165, 1.54) is 4.90 Å². The molecule has 0 radical (unpaired) electrons. The third-order valence-corrected chi connectivity index (χ3v) is 4.20. The number of carbonyl (C=O) groups excluding carboxylic acids is 1. The van der Waals surface area contributed by atoms with Crippen molar-refractivity contribution in [2.75, 3.05) is 12.0 Å². The average Bonchev–Trinajstić information content (AvgIpc) is 2.34. The van der Waals surface area contributed by atoms with Crippen molar-refractivity contribution in [2.24, 2.45) is 0 Å². The monoisotopic (exact) mass is 255 g/mol. The summed E-state index contributed by atoms with van der Waals surface area (Å²) in [6.45, 7) is 0. The molecular weight excluding hydrogens is 238 g/mol. The number of nitrogens with one attached hydrogen (secondary N) is 1. The summed E-state index contributed by atoms with van der Waals surface area (Å²) in [6.07, 6.45) is 4.95. The van der Waals surface area contributed by atoms with Crippen LogP contribution in [0, 0.1) is 0 Å². The van der Waals surface area contributed by atoms with Gasteiger partial charge in [-0.05, 0) is 37.0 Å². The number of rotatable bonds is 8. The number of hydrogen-bond donors (Lipinski definition) is 1. The van der Waals surface area contributed by atoms with E-state index in [-0.39, 0.29) is 5.37 Å². The molecule has 1 rings (SSSR count). The second-order valence-electron chi connectivity index (χ2n) is 3.31. The van der Waals surface area contributed by atoms with Gasteiger partial charge in [-0.3, -0.25) is 4.79 Å². The predicted molar refractivity (Wildman–Crippen MR) is 72.9 cm³/mol. The fourth-order valence-corrected chi connectivity index (χ4v) is 2.81. The van der Waals surface area contributed by atoms with Crippen LogP contribution in [0.1, 0.15) is 12.8 Å². The normalized spacial score (nSPS) is 12.1. The van der Waals surface area contributed by atoms with Gasteiger partial charge in [0.15, 0.2) is 0 Å². The van der Waals surface area contributed by atoms with Gasteiger partial charge in [-0.25, -0.2) is 0 Å². The number of hydrogen-bond acceptors (Lipinski definition) is 3. The minimum atomic E-state index is 0.258. The summed E-state index contributed by atoms with van der Waals surface area (Å²) in [7, 11) is 0. The minimum absolute atomic E-state index is 0.258. The summed E-state index contributed by atoms with van der Waals surface area (Å²) in [5, 5.41) is 3.06. The van der Waals surface area contributed by atoms with Crippen molar-refractivity contribution in [1.29, 1.82) is 0 Å². The molecule has 1 N–H and O–H groups in total. The first-order chi connectivity index (χ1) is 7.86. The lowest BCUT2D eigenvalue weighted by molar-refractivity contribution is -0.109. The van der Waals surface area contributed by atoms with Crippen LogP contribution in [0.4, 0.5) is 0 Å². The standard InChI is InChI=1S/C12H17NOS2/c1-15-12(13-10-14)8-5-9-16-11-6-3-2-4-7-11/h2-4,6-7,10,12H,5,8-9H2,1H3,(H,13,14). The molecule has 16 heavy (non-hydrogen) atoms. The van der Waals surface area contributed by atoms with Gasteiger partial charge >= 0.3 is 0 Å². The molecule has 4 heteroatoms. The highest BCUT2D eigenvalue weighted by molar-refractivity contribution is 7.99. The molecular formula is C12H17NOS2. The molecule has 1 aromatic carbocycles. The van der Waals surface area contributed by atoms with E-state index in [1.54, 1.807) is 11.8 Å². The molecule has 1 amide bonds. The highest BCUT2D eigenvalue weighted by atomic mass is 32.2. The molecule has 0 aromatic heterocycles. The Hall–Kier alpha value is -0.610. The quantitative estimate of drug-likeness (QED) is 0.335. The summed E-state index contributed by atoms with van der Waals surface area (Å²) in [5.74, 6) is 1.10. The Morgan fingerprint density at radius 1 is 1.38 bits per heavy atom. The summed E-state index contributed by atoms with van der Waals surface area (Å²) < 4.78 is 0. The maximum absolute atomic E-state index is 10.3. The van der Waals surface area contributed by atoms with E-state index in [2.05, 4.69) is 29.6 Å². The lowest BCUT2D eigenvalue weighted by atomic mass is 10.3. The second kappa shape index (κ2) is 8.53. The number of benzene rings is 1. The largest absolute Gasteiger partial charge is 0.347 e. The van der Waals surface area contributed by atoms with Crippen molar-refractivity contribution in [1.82, 2.24) is 5.32 Å². The van der Waals surface area contributed by atoms with Gasteiger partial charge in [0.2, 0.25) is 6.41 Å². The Bertz CT molecular complexity index is 292. The molecule has 0 bridgehead atoms. The Morgan fingerprint density at radius 3 is 2.75 bits per heavy atom. The van der Waals surface area contributed by atoms with Crippen molar-refractivity contribution in [2.45, 2.75) is 23.1 Å². The zero-order valence-electron chi connectivity index (χ0n) is 9.39. The van der Waals surface area contributed by atoms with Crippen molar-refractivity contribution >= 4 is 29.9 Å². The molecule has 1 aromatic rings. The summed E-state index contributed by atoms with van der Waals surface area (Å²) in [5.41, 5.74) is 0. The van der Waals surface area contributed by atoms with E-state index in [1.807, 2.05) is 24.1 Å². The predicted octanol–water partition coefficient (Wildman–Crippen LogP) is 2.99. The fourth-order valence-electron chi connectivity index (χ4n) is 1.32. The van der Waals surface area contributed by atoms with Crippen LogP contribution in [0.3, 0.4) is 0 Å². The molecule has 0 spiro atoms. The van der Waals surface area contributed by atoms with Crippen LogP contribution in [0.25, 0.3) is 0 Å². The maximum atomic E-state index is 10.3. The first-order valence-electron chi connectivity index (χ1n) is 5.27. The Morgan fingerprint density at radius 2 is 2.12 bits per heavy atom. The third-order valence-electron chi connectivity index (χ3n) is 2.16. The summed E-state index contributed by atoms with van der Waals surface area (Å²) in [4.78, 5) is 11.6. The molecule has 0 aliphatic carbocycles. The van der Waals surface area contributed by atoms with Crippen molar-refractivity contribution < 1.29 is 4.79 Å². The first kappa shape index (κ1) is 13.5. The highest BCUT2D eigenvalue weighted by Crippen LogP contribution is 2.20. The van der Waals surface area contributed by atoms with E-state index >= 15 is 0 Å². The second-order valence-corrected chi connectivity index (χ2v) is 5.52. The molecule has 1 atom stereocenters. The minimum Gasteiger partial charge on any atom is -0.347 e. The van der Waals surface area contributed by atoms with Crippen LogP contribution in [0.5, 0.6) is 0 Å². The van der Waals surface area contributed by atoms with E-state index in [0.29, 0.717) is 0 Å². The highest BCUT2D eigenvalue weighted by Gasteiger charge is 2.04. The lowest BCUT2D eigenvalue weighted by Gasteiger charge is -2.12. The first-order valence-corrected chi connectivity index (χ1v) is 7.54. The van der Waals surface area contributed by atoms with Gasteiger partial charge in [0.05, 0.1) is 5.37 Å². The molecule has 0 saturated carbocycles. The molecule has 88 valence electrons. The lowest BCUT2D eigenvalue weighted by Crippen LogP contribution is -2.23. The Kier molecular flexibility index (Phi) is 7.17. The molecule has 0 aliphatic heterocycles. The van der Waals surface area contributed by atoms with Gasteiger partial charge in [0.1, 0.15) is 0 Å².